The van der Waals surface area contributed by atoms with E-state index in [1.165, 1.54) is 12.8 Å². The van der Waals surface area contributed by atoms with Crippen LogP contribution in [0.1, 0.15) is 26.7 Å². The van der Waals surface area contributed by atoms with Gasteiger partial charge in [-0.3, -0.25) is 0 Å². The molecule has 0 aliphatic heterocycles. The lowest BCUT2D eigenvalue weighted by atomic mass is 9.70. The van der Waals surface area contributed by atoms with Crippen LogP contribution in [0.4, 0.5) is 0 Å². The fourth-order valence-corrected chi connectivity index (χ4v) is 2.11. The third kappa shape index (κ3) is 0.524. The van der Waals surface area contributed by atoms with Crippen molar-refractivity contribution in [2.24, 2.45) is 10.8 Å². The van der Waals surface area contributed by atoms with Gasteiger partial charge in [0.25, 0.3) is 0 Å². The van der Waals surface area contributed by atoms with E-state index >= 15 is 0 Å². The molecule has 0 N–H and O–H groups in total. The molecule has 2 aliphatic rings. The first kappa shape index (κ1) is 6.21. The van der Waals surface area contributed by atoms with Crippen LogP contribution in [-0.2, 0) is 0 Å². The Bertz CT molecular complexity index is 188. The lowest BCUT2D eigenvalue weighted by Crippen LogP contribution is -2.26. The van der Waals surface area contributed by atoms with Crippen molar-refractivity contribution in [3.8, 4) is 0 Å². The lowest BCUT2D eigenvalue weighted by Gasteiger charge is -2.33. The Morgan fingerprint density at radius 1 is 0.900 bits per heavy atom. The molecule has 2 atom stereocenters. The zero-order valence-electron chi connectivity index (χ0n) is 6.72. The molecule has 0 aromatic heterocycles. The molecular weight excluding hydrogens is 120 g/mol. The van der Waals surface area contributed by atoms with Crippen LogP contribution in [0.2, 0.25) is 0 Å². The molecule has 0 saturated heterocycles. The van der Waals surface area contributed by atoms with E-state index in [0.717, 1.165) is 0 Å². The molecular formula is C10H14. The van der Waals surface area contributed by atoms with E-state index in [1.807, 2.05) is 0 Å². The highest BCUT2D eigenvalue weighted by atomic mass is 14.5. The summed E-state index contributed by atoms with van der Waals surface area (Å²) in [6.45, 7) is 4.72. The Hall–Kier alpha value is -0.520. The van der Waals surface area contributed by atoms with Gasteiger partial charge in [-0.2, -0.15) is 0 Å². The van der Waals surface area contributed by atoms with Crippen molar-refractivity contribution in [3.05, 3.63) is 24.3 Å². The second-order valence-corrected chi connectivity index (χ2v) is 4.05. The molecule has 0 aromatic rings. The first-order valence-corrected chi connectivity index (χ1v) is 4.02. The molecule has 2 aliphatic carbocycles. The van der Waals surface area contributed by atoms with Crippen molar-refractivity contribution in [1.82, 2.24) is 0 Å². The molecule has 54 valence electrons. The molecule has 0 bridgehead atoms. The van der Waals surface area contributed by atoms with Gasteiger partial charge in [0, 0.05) is 0 Å². The molecule has 0 spiro atoms. The van der Waals surface area contributed by atoms with E-state index in [0.29, 0.717) is 10.8 Å². The Kier molecular flexibility index (Phi) is 0.964. The molecule has 0 heterocycles. The van der Waals surface area contributed by atoms with Crippen LogP contribution >= 0.6 is 0 Å². The third-order valence-electron chi connectivity index (χ3n) is 3.36. The van der Waals surface area contributed by atoms with Gasteiger partial charge in [0.1, 0.15) is 0 Å². The number of allylic oxidation sites excluding steroid dienone is 4. The average molecular weight is 134 g/mol. The van der Waals surface area contributed by atoms with E-state index in [2.05, 4.69) is 38.2 Å². The topological polar surface area (TPSA) is 0 Å². The van der Waals surface area contributed by atoms with Gasteiger partial charge in [0.2, 0.25) is 0 Å². The largest absolute Gasteiger partial charge is 0.0871 e. The first-order valence-electron chi connectivity index (χ1n) is 4.02. The summed E-state index contributed by atoms with van der Waals surface area (Å²) in [5.74, 6) is 0. The van der Waals surface area contributed by atoms with E-state index in [4.69, 9.17) is 0 Å². The maximum absolute atomic E-state index is 2.38. The number of fused-ring (bicyclic) bond motifs is 1. The van der Waals surface area contributed by atoms with Crippen LogP contribution in [0.15, 0.2) is 24.3 Å². The number of hydrogen-bond donors (Lipinski definition) is 0. The van der Waals surface area contributed by atoms with Crippen LogP contribution in [-0.4, -0.2) is 0 Å². The summed E-state index contributed by atoms with van der Waals surface area (Å²) in [5, 5.41) is 0. The maximum Gasteiger partial charge on any atom is -0.00209 e. The molecule has 0 amide bonds. The summed E-state index contributed by atoms with van der Waals surface area (Å²) in [5.41, 5.74) is 0.903. The van der Waals surface area contributed by atoms with Crippen molar-refractivity contribution in [2.45, 2.75) is 26.7 Å². The zero-order chi connectivity index (χ0) is 7.24. The zero-order valence-corrected chi connectivity index (χ0v) is 6.72. The summed E-state index contributed by atoms with van der Waals surface area (Å²) >= 11 is 0. The van der Waals surface area contributed by atoms with Gasteiger partial charge < -0.3 is 0 Å². The predicted molar refractivity (Wildman–Crippen MR) is 43.7 cm³/mol. The fraction of sp³-hybridized carbons (Fsp3) is 0.600. The van der Waals surface area contributed by atoms with Crippen LogP contribution < -0.4 is 0 Å². The van der Waals surface area contributed by atoms with Gasteiger partial charge >= 0.3 is 0 Å². The highest BCUT2D eigenvalue weighted by Gasteiger charge is 2.45. The standard InChI is InChI=1S/C10H14/c1-9-5-3-7-10(9,2)8-4-6-9/h3-5,8H,6-7H2,1-2H3/t9-,10-. The van der Waals surface area contributed by atoms with Crippen molar-refractivity contribution in [2.75, 3.05) is 0 Å². The van der Waals surface area contributed by atoms with E-state index in [1.54, 1.807) is 0 Å². The summed E-state index contributed by atoms with van der Waals surface area (Å²) in [7, 11) is 0. The summed E-state index contributed by atoms with van der Waals surface area (Å²) in [6, 6.07) is 0. The fourth-order valence-electron chi connectivity index (χ4n) is 2.11. The molecule has 0 radical (unpaired) electrons. The molecule has 2 rings (SSSR count). The highest BCUT2D eigenvalue weighted by Crippen LogP contribution is 2.55. The molecule has 10 heavy (non-hydrogen) atoms. The Morgan fingerprint density at radius 3 is 1.70 bits per heavy atom. The Balaban J connectivity index is 2.43. The van der Waals surface area contributed by atoms with Gasteiger partial charge in [-0.25, -0.2) is 0 Å². The van der Waals surface area contributed by atoms with Crippen molar-refractivity contribution in [3.63, 3.8) is 0 Å². The SMILES string of the molecule is C[C@@]12C=CC[C@@]1(C)C=CC2. The first-order chi connectivity index (χ1) is 4.66. The Labute approximate surface area is 62.6 Å². The second-order valence-electron chi connectivity index (χ2n) is 4.05. The molecule has 0 saturated carbocycles. The van der Waals surface area contributed by atoms with Gasteiger partial charge in [0.05, 0.1) is 0 Å². The number of hydrogen-bond acceptors (Lipinski definition) is 0. The monoisotopic (exact) mass is 134 g/mol. The third-order valence-corrected chi connectivity index (χ3v) is 3.36. The number of rotatable bonds is 0. The van der Waals surface area contributed by atoms with Gasteiger partial charge in [0.15, 0.2) is 0 Å². The molecule has 0 fully saturated rings. The van der Waals surface area contributed by atoms with E-state index < -0.39 is 0 Å². The van der Waals surface area contributed by atoms with Gasteiger partial charge in [-0.1, -0.05) is 38.2 Å². The van der Waals surface area contributed by atoms with Crippen molar-refractivity contribution >= 4 is 0 Å². The summed E-state index contributed by atoms with van der Waals surface area (Å²) < 4.78 is 0. The average Bonchev–Trinajstić information content (AvgIpc) is 2.20. The summed E-state index contributed by atoms with van der Waals surface area (Å²) in [4.78, 5) is 0. The predicted octanol–water partition coefficient (Wildman–Crippen LogP) is 2.92. The molecule has 0 nitrogen and oxygen atoms in total. The smallest absolute Gasteiger partial charge is 0.00209 e. The quantitative estimate of drug-likeness (QED) is 0.447. The van der Waals surface area contributed by atoms with E-state index in [-0.39, 0.29) is 0 Å². The van der Waals surface area contributed by atoms with E-state index in [9.17, 15) is 0 Å². The maximum atomic E-state index is 2.38. The van der Waals surface area contributed by atoms with Gasteiger partial charge in [-0.15, -0.1) is 0 Å². The van der Waals surface area contributed by atoms with Crippen LogP contribution in [0.5, 0.6) is 0 Å². The van der Waals surface area contributed by atoms with Crippen LogP contribution in [0, 0.1) is 10.8 Å². The normalized spacial score (nSPS) is 50.2. The highest BCUT2D eigenvalue weighted by molar-refractivity contribution is 5.27. The Morgan fingerprint density at radius 2 is 1.30 bits per heavy atom. The van der Waals surface area contributed by atoms with Crippen molar-refractivity contribution in [1.29, 1.82) is 0 Å². The van der Waals surface area contributed by atoms with Crippen molar-refractivity contribution < 1.29 is 0 Å². The lowest BCUT2D eigenvalue weighted by molar-refractivity contribution is 0.231. The minimum atomic E-state index is 0.451. The van der Waals surface area contributed by atoms with Crippen LogP contribution in [0.3, 0.4) is 0 Å². The molecule has 0 unspecified atom stereocenters. The minimum absolute atomic E-state index is 0.451. The van der Waals surface area contributed by atoms with Gasteiger partial charge in [-0.05, 0) is 23.7 Å². The summed E-state index contributed by atoms with van der Waals surface area (Å²) in [6.07, 6.45) is 11.9. The second kappa shape index (κ2) is 1.55. The molecule has 0 aromatic carbocycles. The van der Waals surface area contributed by atoms with Crippen LogP contribution in [0.25, 0.3) is 0 Å². The molecule has 0 heteroatoms. The minimum Gasteiger partial charge on any atom is -0.0871 e.